The van der Waals surface area contributed by atoms with Crippen molar-refractivity contribution in [3.05, 3.63) is 41.7 Å². The molecule has 0 unspecified atom stereocenters. The molecule has 0 bridgehead atoms. The lowest BCUT2D eigenvalue weighted by Crippen LogP contribution is -2.22. The molecule has 0 spiro atoms. The minimum atomic E-state index is -3.53. The van der Waals surface area contributed by atoms with Crippen LogP contribution in [0.2, 0.25) is 5.02 Å². The van der Waals surface area contributed by atoms with Crippen molar-refractivity contribution in [3.63, 3.8) is 0 Å². The molecule has 0 aliphatic rings. The summed E-state index contributed by atoms with van der Waals surface area (Å²) in [4.78, 5) is 3.99. The molecule has 112 valence electrons. The van der Waals surface area contributed by atoms with Gasteiger partial charge in [0.2, 0.25) is 10.0 Å². The number of nitrogen functional groups attached to an aromatic ring is 1. The summed E-state index contributed by atoms with van der Waals surface area (Å²) in [6, 6.07) is 5.85. The lowest BCUT2D eigenvalue weighted by Gasteiger charge is -2.13. The summed E-state index contributed by atoms with van der Waals surface area (Å²) in [5, 5.41) is 0.429. The molecule has 0 saturated carbocycles. The number of hydrogen-bond donors (Lipinski definition) is 1. The minimum Gasteiger partial charge on any atom is -0.454 e. The number of halogens is 1. The summed E-state index contributed by atoms with van der Waals surface area (Å²) < 4.78 is 30.7. The molecular weight excluding hydrogens is 314 g/mol. The molecule has 1 aromatic heterocycles. The summed E-state index contributed by atoms with van der Waals surface area (Å²) in [6.45, 7) is 0. The Labute approximate surface area is 128 Å². The highest BCUT2D eigenvalue weighted by Crippen LogP contribution is 2.30. The first-order valence-corrected chi connectivity index (χ1v) is 7.73. The van der Waals surface area contributed by atoms with E-state index in [0.717, 1.165) is 4.31 Å². The predicted octanol–water partition coefficient (Wildman–Crippen LogP) is 2.36. The Morgan fingerprint density at radius 1 is 1.24 bits per heavy atom. The van der Waals surface area contributed by atoms with Crippen molar-refractivity contribution in [2.24, 2.45) is 0 Å². The average molecular weight is 328 g/mol. The summed E-state index contributed by atoms with van der Waals surface area (Å²) in [5.41, 5.74) is 6.05. The van der Waals surface area contributed by atoms with Gasteiger partial charge >= 0.3 is 0 Å². The van der Waals surface area contributed by atoms with E-state index >= 15 is 0 Å². The molecule has 1 heterocycles. The first-order chi connectivity index (χ1) is 9.80. The third-order valence-electron chi connectivity index (χ3n) is 2.67. The Kier molecular flexibility index (Phi) is 4.36. The maximum Gasteiger partial charge on any atom is 0.242 e. The molecule has 0 atom stereocenters. The van der Waals surface area contributed by atoms with Crippen molar-refractivity contribution in [2.75, 3.05) is 19.8 Å². The molecule has 0 fully saturated rings. The lowest BCUT2D eigenvalue weighted by atomic mass is 10.3. The van der Waals surface area contributed by atoms with Crippen LogP contribution in [0.5, 0.6) is 11.5 Å². The van der Waals surface area contributed by atoms with Crippen LogP contribution in [0.25, 0.3) is 0 Å². The van der Waals surface area contributed by atoms with Crippen LogP contribution in [0.4, 0.5) is 5.69 Å². The van der Waals surface area contributed by atoms with Gasteiger partial charge in [-0.05, 0) is 18.2 Å². The number of sulfonamides is 1. The van der Waals surface area contributed by atoms with Crippen LogP contribution in [0, 0.1) is 0 Å². The second-order valence-corrected chi connectivity index (χ2v) is 7.02. The van der Waals surface area contributed by atoms with Crippen LogP contribution >= 0.6 is 11.6 Å². The van der Waals surface area contributed by atoms with Crippen LogP contribution in [0.1, 0.15) is 0 Å². The van der Waals surface area contributed by atoms with E-state index in [2.05, 4.69) is 4.98 Å². The van der Waals surface area contributed by atoms with Gasteiger partial charge in [-0.3, -0.25) is 4.98 Å². The number of ether oxygens (including phenoxy) is 1. The minimum absolute atomic E-state index is 0.0987. The van der Waals surface area contributed by atoms with Gasteiger partial charge in [0.05, 0.1) is 21.8 Å². The Hall–Kier alpha value is -1.83. The molecule has 0 saturated heterocycles. The van der Waals surface area contributed by atoms with Crippen molar-refractivity contribution in [2.45, 2.75) is 4.90 Å². The number of nitrogens with two attached hydrogens (primary N) is 1. The largest absolute Gasteiger partial charge is 0.454 e. The highest BCUT2D eigenvalue weighted by Gasteiger charge is 2.18. The molecule has 2 N–H and O–H groups in total. The first kappa shape index (κ1) is 15.6. The van der Waals surface area contributed by atoms with Crippen LogP contribution in [0.15, 0.2) is 41.6 Å². The van der Waals surface area contributed by atoms with Crippen molar-refractivity contribution < 1.29 is 13.2 Å². The van der Waals surface area contributed by atoms with Crippen molar-refractivity contribution in [1.29, 1.82) is 0 Å². The summed E-state index contributed by atoms with van der Waals surface area (Å²) in [5.74, 6) is 0.745. The van der Waals surface area contributed by atoms with Gasteiger partial charge in [0.1, 0.15) is 11.5 Å². The zero-order valence-corrected chi connectivity index (χ0v) is 13.0. The lowest BCUT2D eigenvalue weighted by molar-refractivity contribution is 0.482. The van der Waals surface area contributed by atoms with E-state index in [0.29, 0.717) is 16.5 Å². The fourth-order valence-corrected chi connectivity index (χ4v) is 2.67. The number of pyridine rings is 1. The molecule has 21 heavy (non-hydrogen) atoms. The standard InChI is InChI=1S/C13H14ClN3O3S/c1-17(2)21(18,19)11-3-4-13(12(15)6-11)20-10-5-9(14)7-16-8-10/h3-8H,15H2,1-2H3. The molecule has 6 nitrogen and oxygen atoms in total. The number of rotatable bonds is 4. The quantitative estimate of drug-likeness (QED) is 0.871. The number of hydrogen-bond acceptors (Lipinski definition) is 5. The normalized spacial score (nSPS) is 11.6. The van der Waals surface area contributed by atoms with E-state index in [4.69, 9.17) is 22.1 Å². The number of benzene rings is 1. The second-order valence-electron chi connectivity index (χ2n) is 4.43. The molecule has 1 aromatic carbocycles. The number of nitrogens with zero attached hydrogens (tertiary/aromatic N) is 2. The Morgan fingerprint density at radius 2 is 1.95 bits per heavy atom. The monoisotopic (exact) mass is 327 g/mol. The SMILES string of the molecule is CN(C)S(=O)(=O)c1ccc(Oc2cncc(Cl)c2)c(N)c1. The molecule has 2 rings (SSSR count). The Balaban J connectivity index is 2.32. The van der Waals surface area contributed by atoms with Gasteiger partial charge in [-0.15, -0.1) is 0 Å². The zero-order chi connectivity index (χ0) is 15.6. The van der Waals surface area contributed by atoms with E-state index in [1.54, 1.807) is 6.07 Å². The molecule has 2 aromatic rings. The van der Waals surface area contributed by atoms with Gasteiger partial charge in [0.25, 0.3) is 0 Å². The molecule has 0 radical (unpaired) electrons. The number of aromatic nitrogens is 1. The van der Waals surface area contributed by atoms with Gasteiger partial charge in [-0.1, -0.05) is 11.6 Å². The van der Waals surface area contributed by atoms with Gasteiger partial charge in [0, 0.05) is 26.4 Å². The van der Waals surface area contributed by atoms with E-state index in [1.807, 2.05) is 0 Å². The van der Waals surface area contributed by atoms with Crippen molar-refractivity contribution in [1.82, 2.24) is 9.29 Å². The summed E-state index contributed by atoms with van der Waals surface area (Å²) >= 11 is 5.81. The fourth-order valence-electron chi connectivity index (χ4n) is 1.57. The summed E-state index contributed by atoms with van der Waals surface area (Å²) in [6.07, 6.45) is 2.96. The highest BCUT2D eigenvalue weighted by molar-refractivity contribution is 7.89. The third kappa shape index (κ3) is 3.44. The second kappa shape index (κ2) is 5.88. The maximum absolute atomic E-state index is 12.0. The number of anilines is 1. The predicted molar refractivity (Wildman–Crippen MR) is 81.0 cm³/mol. The highest BCUT2D eigenvalue weighted by atomic mass is 35.5. The van der Waals surface area contributed by atoms with Crippen LogP contribution < -0.4 is 10.5 Å². The molecule has 0 amide bonds. The Morgan fingerprint density at radius 3 is 2.52 bits per heavy atom. The fraction of sp³-hybridized carbons (Fsp3) is 0.154. The van der Waals surface area contributed by atoms with E-state index in [-0.39, 0.29) is 10.6 Å². The third-order valence-corrected chi connectivity index (χ3v) is 4.69. The average Bonchev–Trinajstić information content (AvgIpc) is 2.41. The maximum atomic E-state index is 12.0. The van der Waals surface area contributed by atoms with E-state index < -0.39 is 10.0 Å². The van der Waals surface area contributed by atoms with Gasteiger partial charge in [-0.2, -0.15) is 0 Å². The van der Waals surface area contributed by atoms with Crippen molar-refractivity contribution in [3.8, 4) is 11.5 Å². The van der Waals surface area contributed by atoms with E-state index in [1.165, 1.54) is 44.7 Å². The van der Waals surface area contributed by atoms with Gasteiger partial charge in [-0.25, -0.2) is 12.7 Å². The molecule has 0 aliphatic heterocycles. The Bertz CT molecular complexity index is 763. The van der Waals surface area contributed by atoms with Crippen LogP contribution in [-0.2, 0) is 10.0 Å². The topological polar surface area (TPSA) is 85.5 Å². The summed E-state index contributed by atoms with van der Waals surface area (Å²) in [7, 11) is -0.627. The van der Waals surface area contributed by atoms with Crippen LogP contribution in [0.3, 0.4) is 0 Å². The molecule has 0 aliphatic carbocycles. The van der Waals surface area contributed by atoms with Gasteiger partial charge < -0.3 is 10.5 Å². The van der Waals surface area contributed by atoms with E-state index in [9.17, 15) is 8.42 Å². The first-order valence-electron chi connectivity index (χ1n) is 5.91. The molecular formula is C13H14ClN3O3S. The van der Waals surface area contributed by atoms with Crippen LogP contribution in [-0.4, -0.2) is 31.8 Å². The van der Waals surface area contributed by atoms with Gasteiger partial charge in [0.15, 0.2) is 0 Å². The molecule has 8 heteroatoms. The zero-order valence-electron chi connectivity index (χ0n) is 11.4. The smallest absolute Gasteiger partial charge is 0.242 e. The van der Waals surface area contributed by atoms with Crippen molar-refractivity contribution >= 4 is 27.3 Å².